The number of ether oxygens (including phenoxy) is 2. The van der Waals surface area contributed by atoms with Crippen LogP contribution in [-0.2, 0) is 19.1 Å². The summed E-state index contributed by atoms with van der Waals surface area (Å²) in [5, 5.41) is 25.2. The fourth-order valence-electron chi connectivity index (χ4n) is 5.09. The normalized spacial score (nSPS) is 35.9. The molecule has 206 valence electrons. The first-order valence-corrected chi connectivity index (χ1v) is 14.2. The molecule has 0 spiro atoms. The average Bonchev–Trinajstić information content (AvgIpc) is 3.27. The van der Waals surface area contributed by atoms with E-state index in [1.165, 1.54) is 11.3 Å². The lowest BCUT2D eigenvalue weighted by Crippen LogP contribution is -2.46. The van der Waals surface area contributed by atoms with E-state index in [-0.39, 0.29) is 36.2 Å². The largest absolute Gasteiger partial charge is 0.456 e. The number of nitrogens with zero attached hydrogens (tertiary/aromatic N) is 1. The van der Waals surface area contributed by atoms with Gasteiger partial charge in [0.15, 0.2) is 0 Å². The van der Waals surface area contributed by atoms with Gasteiger partial charge in [-0.3, -0.25) is 9.59 Å². The number of aromatic nitrogens is 1. The summed E-state index contributed by atoms with van der Waals surface area (Å²) in [6, 6.07) is 0. The van der Waals surface area contributed by atoms with E-state index in [9.17, 15) is 19.8 Å². The van der Waals surface area contributed by atoms with Gasteiger partial charge in [-0.25, -0.2) is 4.98 Å². The lowest BCUT2D eigenvalue weighted by Gasteiger charge is -2.35. The van der Waals surface area contributed by atoms with Gasteiger partial charge in [0.1, 0.15) is 11.9 Å². The SMILES string of the molecule is C=CC[C@H]1C(=O)C(C)(C)[C@@H](O)CC(=O)O[C@H](/C(Cl)=C/c2csc(C)n2)C[C@H]2O[C@@]2(C)CCC[C@H](C)[C@@H]1O. The zero-order valence-electron chi connectivity index (χ0n) is 22.4. The monoisotopic (exact) mass is 553 g/mol. The van der Waals surface area contributed by atoms with Gasteiger partial charge in [0.2, 0.25) is 0 Å². The summed E-state index contributed by atoms with van der Waals surface area (Å²) in [5.74, 6) is -1.83. The standard InChI is InChI=1S/C28H40ClNO6S/c1-7-9-19-25(33)16(2)10-8-11-28(6)23(36-28)13-21(20(29)12-18-15-37-17(3)30-18)35-24(32)14-22(31)27(4,5)26(19)34/h7,12,15-16,19,21-23,25,31,33H,1,8-11,13-14H2,2-6H3/b20-12-/t16-,19+,21-,22-,23+,25-,28-/m0/s1. The number of carbonyl (C=O) groups excluding carboxylic acids is 2. The van der Waals surface area contributed by atoms with E-state index in [0.717, 1.165) is 24.3 Å². The van der Waals surface area contributed by atoms with Crippen molar-refractivity contribution in [3.05, 3.63) is 33.8 Å². The van der Waals surface area contributed by atoms with Gasteiger partial charge in [-0.2, -0.15) is 0 Å². The zero-order valence-corrected chi connectivity index (χ0v) is 24.0. The number of rotatable bonds is 4. The molecule has 7 nitrogen and oxygen atoms in total. The third kappa shape index (κ3) is 7.30. The molecule has 37 heavy (non-hydrogen) atoms. The number of hydrogen-bond donors (Lipinski definition) is 2. The van der Waals surface area contributed by atoms with Crippen LogP contribution in [0.25, 0.3) is 6.08 Å². The smallest absolute Gasteiger partial charge is 0.309 e. The fraction of sp³-hybridized carbons (Fsp3) is 0.679. The van der Waals surface area contributed by atoms with Gasteiger partial charge in [-0.05, 0) is 45.1 Å². The number of allylic oxidation sites excluding steroid dienone is 1. The average molecular weight is 554 g/mol. The number of epoxide rings is 1. The zero-order chi connectivity index (χ0) is 27.5. The summed E-state index contributed by atoms with van der Waals surface area (Å²) in [6.45, 7) is 12.8. The summed E-state index contributed by atoms with van der Waals surface area (Å²) < 4.78 is 11.8. The lowest BCUT2D eigenvalue weighted by atomic mass is 9.71. The molecule has 2 aliphatic heterocycles. The van der Waals surface area contributed by atoms with Crippen LogP contribution in [0.3, 0.4) is 0 Å². The van der Waals surface area contributed by atoms with E-state index in [0.29, 0.717) is 17.1 Å². The number of aliphatic hydroxyl groups excluding tert-OH is 2. The molecule has 0 unspecified atom stereocenters. The Kier molecular flexibility index (Phi) is 9.78. The molecular formula is C28H40ClNO6S. The number of halogens is 1. The van der Waals surface area contributed by atoms with Crippen molar-refractivity contribution in [3.8, 4) is 0 Å². The van der Waals surface area contributed by atoms with Crippen LogP contribution in [0, 0.1) is 24.2 Å². The minimum absolute atomic E-state index is 0.132. The van der Waals surface area contributed by atoms with E-state index >= 15 is 0 Å². The minimum atomic E-state index is -1.30. The molecule has 3 rings (SSSR count). The van der Waals surface area contributed by atoms with E-state index in [2.05, 4.69) is 11.6 Å². The molecule has 1 aromatic rings. The van der Waals surface area contributed by atoms with Crippen LogP contribution in [0.4, 0.5) is 0 Å². The highest BCUT2D eigenvalue weighted by Crippen LogP contribution is 2.45. The Morgan fingerprint density at radius 2 is 2.03 bits per heavy atom. The fourth-order valence-corrected chi connectivity index (χ4v) is 5.90. The molecular weight excluding hydrogens is 514 g/mol. The van der Waals surface area contributed by atoms with Crippen molar-refractivity contribution in [2.75, 3.05) is 0 Å². The predicted octanol–water partition coefficient (Wildman–Crippen LogP) is 5.21. The third-order valence-corrected chi connectivity index (χ3v) is 9.02. The third-order valence-electron chi connectivity index (χ3n) is 7.88. The summed E-state index contributed by atoms with van der Waals surface area (Å²) in [7, 11) is 0. The van der Waals surface area contributed by atoms with Crippen LogP contribution in [0.2, 0.25) is 0 Å². The quantitative estimate of drug-likeness (QED) is 0.299. The van der Waals surface area contributed by atoms with Crippen LogP contribution >= 0.6 is 22.9 Å². The van der Waals surface area contributed by atoms with Crippen molar-refractivity contribution in [3.63, 3.8) is 0 Å². The number of Topliss-reactive ketones (excluding diaryl/α,β-unsaturated/α-hetero) is 1. The molecule has 0 aromatic carbocycles. The van der Waals surface area contributed by atoms with Gasteiger partial charge in [-0.15, -0.1) is 17.9 Å². The molecule has 2 N–H and O–H groups in total. The minimum Gasteiger partial charge on any atom is -0.456 e. The Labute approximate surface area is 228 Å². The summed E-state index contributed by atoms with van der Waals surface area (Å²) in [4.78, 5) is 30.9. The number of fused-ring (bicyclic) bond motifs is 1. The highest BCUT2D eigenvalue weighted by atomic mass is 35.5. The van der Waals surface area contributed by atoms with Gasteiger partial charge in [0.05, 0.1) is 51.5 Å². The van der Waals surface area contributed by atoms with Crippen LogP contribution in [0.5, 0.6) is 0 Å². The Hall–Kier alpha value is -1.58. The van der Waals surface area contributed by atoms with Crippen molar-refractivity contribution in [2.45, 2.75) is 103 Å². The second kappa shape index (κ2) is 12.1. The molecule has 7 atom stereocenters. The Balaban J connectivity index is 1.88. The summed E-state index contributed by atoms with van der Waals surface area (Å²) >= 11 is 8.14. The molecule has 0 amide bonds. The molecule has 2 fully saturated rings. The molecule has 1 aromatic heterocycles. The van der Waals surface area contributed by atoms with E-state index in [4.69, 9.17) is 21.1 Å². The Bertz CT molecular complexity index is 1020. The molecule has 9 heteroatoms. The Morgan fingerprint density at radius 1 is 1.32 bits per heavy atom. The van der Waals surface area contributed by atoms with Gasteiger partial charge < -0.3 is 19.7 Å². The van der Waals surface area contributed by atoms with Crippen molar-refractivity contribution >= 4 is 40.8 Å². The number of carbonyl (C=O) groups is 2. The van der Waals surface area contributed by atoms with E-state index in [1.807, 2.05) is 26.2 Å². The number of hydrogen-bond acceptors (Lipinski definition) is 8. The first-order chi connectivity index (χ1) is 17.3. The highest BCUT2D eigenvalue weighted by molar-refractivity contribution is 7.09. The second-order valence-electron chi connectivity index (χ2n) is 11.3. The number of esters is 1. The molecule has 0 radical (unpaired) electrons. The van der Waals surface area contributed by atoms with Gasteiger partial charge >= 0.3 is 5.97 Å². The molecule has 3 heterocycles. The number of thiazole rings is 1. The maximum atomic E-state index is 13.5. The summed E-state index contributed by atoms with van der Waals surface area (Å²) in [6.07, 6.45) is 2.77. The Morgan fingerprint density at radius 3 is 2.65 bits per heavy atom. The molecule has 2 saturated heterocycles. The van der Waals surface area contributed by atoms with Crippen LogP contribution in [0.1, 0.15) is 76.9 Å². The highest BCUT2D eigenvalue weighted by Gasteiger charge is 2.53. The maximum absolute atomic E-state index is 13.5. The first kappa shape index (κ1) is 30.0. The van der Waals surface area contributed by atoms with E-state index in [1.54, 1.807) is 26.0 Å². The first-order valence-electron chi connectivity index (χ1n) is 13.0. The van der Waals surface area contributed by atoms with Gasteiger partial charge in [0.25, 0.3) is 0 Å². The van der Waals surface area contributed by atoms with Crippen LogP contribution in [-0.4, -0.2) is 57.0 Å². The predicted molar refractivity (Wildman–Crippen MR) is 145 cm³/mol. The second-order valence-corrected chi connectivity index (χ2v) is 12.7. The molecule has 0 aliphatic carbocycles. The van der Waals surface area contributed by atoms with Crippen molar-refractivity contribution in [1.29, 1.82) is 0 Å². The van der Waals surface area contributed by atoms with Crippen molar-refractivity contribution in [2.24, 2.45) is 17.3 Å². The van der Waals surface area contributed by atoms with Gasteiger partial charge in [0, 0.05) is 17.7 Å². The van der Waals surface area contributed by atoms with Crippen LogP contribution in [0.15, 0.2) is 23.1 Å². The van der Waals surface area contributed by atoms with Gasteiger partial charge in [-0.1, -0.05) is 44.9 Å². The van der Waals surface area contributed by atoms with Crippen molar-refractivity contribution < 1.29 is 29.3 Å². The van der Waals surface area contributed by atoms with Crippen LogP contribution < -0.4 is 0 Å². The number of ketones is 1. The van der Waals surface area contributed by atoms with Crippen molar-refractivity contribution in [1.82, 2.24) is 4.98 Å². The number of aryl methyl sites for hydroxylation is 1. The van der Waals surface area contributed by atoms with E-state index < -0.39 is 35.6 Å². The molecule has 2 aliphatic rings. The molecule has 0 saturated carbocycles. The number of cyclic esters (lactones) is 1. The topological polar surface area (TPSA) is 109 Å². The summed E-state index contributed by atoms with van der Waals surface area (Å²) in [5.41, 5.74) is -0.975. The lowest BCUT2D eigenvalue weighted by molar-refractivity contribution is -0.154. The maximum Gasteiger partial charge on any atom is 0.309 e. The number of aliphatic hydroxyl groups is 2. The molecule has 0 bridgehead atoms.